The number of ether oxygens (including phenoxy) is 2. The minimum Gasteiger partial charge on any atom is -0.497 e. The summed E-state index contributed by atoms with van der Waals surface area (Å²) >= 11 is 0. The van der Waals surface area contributed by atoms with Crippen LogP contribution in [-0.2, 0) is 30.5 Å². The van der Waals surface area contributed by atoms with Gasteiger partial charge < -0.3 is 14.5 Å². The lowest BCUT2D eigenvalue weighted by Gasteiger charge is -2.12. The van der Waals surface area contributed by atoms with Gasteiger partial charge in [0.2, 0.25) is 10.0 Å². The zero-order chi connectivity index (χ0) is 22.1. The molecule has 162 valence electrons. The molecule has 0 aliphatic rings. The van der Waals surface area contributed by atoms with E-state index in [0.29, 0.717) is 24.4 Å². The molecule has 3 aromatic rings. The van der Waals surface area contributed by atoms with E-state index in [1.165, 1.54) is 45.0 Å². The number of methoxy groups -OCH3 is 2. The van der Waals surface area contributed by atoms with Crippen molar-refractivity contribution in [3.8, 4) is 11.5 Å². The zero-order valence-corrected chi connectivity index (χ0v) is 17.9. The molecule has 0 atom stereocenters. The molecule has 3 rings (SSSR count). The zero-order valence-electron chi connectivity index (χ0n) is 17.1. The predicted octanol–water partition coefficient (Wildman–Crippen LogP) is -0.111. The van der Waals surface area contributed by atoms with Crippen molar-refractivity contribution >= 4 is 21.2 Å². The molecule has 0 saturated carbocycles. The maximum atomic E-state index is 12.6. The van der Waals surface area contributed by atoms with Crippen molar-refractivity contribution in [3.63, 3.8) is 0 Å². The fourth-order valence-corrected chi connectivity index (χ4v) is 4.28. The fourth-order valence-electron chi connectivity index (χ4n) is 3.03. The number of hydrogen-bond acceptors (Lipinski definition) is 7. The van der Waals surface area contributed by atoms with Gasteiger partial charge in [0, 0.05) is 33.1 Å². The maximum Gasteiger partial charge on any atom is 0.332 e. The van der Waals surface area contributed by atoms with Crippen molar-refractivity contribution in [1.82, 2.24) is 23.8 Å². The fraction of sp³-hybridized carbons (Fsp3) is 0.389. The van der Waals surface area contributed by atoms with Gasteiger partial charge in [-0.25, -0.2) is 22.9 Å². The van der Waals surface area contributed by atoms with Crippen LogP contribution in [0, 0.1) is 0 Å². The van der Waals surface area contributed by atoms with Crippen LogP contribution >= 0.6 is 0 Å². The van der Waals surface area contributed by atoms with Crippen molar-refractivity contribution < 1.29 is 17.9 Å². The first-order valence-corrected chi connectivity index (χ1v) is 10.5. The molecule has 0 aliphatic carbocycles. The van der Waals surface area contributed by atoms with Crippen LogP contribution < -0.4 is 25.4 Å². The van der Waals surface area contributed by atoms with Crippen LogP contribution in [-0.4, -0.2) is 48.3 Å². The maximum absolute atomic E-state index is 12.6. The Morgan fingerprint density at radius 3 is 2.53 bits per heavy atom. The minimum absolute atomic E-state index is 0.0217. The first kappa shape index (κ1) is 21.6. The first-order chi connectivity index (χ1) is 14.2. The molecule has 2 heterocycles. The highest BCUT2D eigenvalue weighted by molar-refractivity contribution is 7.89. The number of aromatic nitrogens is 4. The summed E-state index contributed by atoms with van der Waals surface area (Å²) < 4.78 is 40.3. The number of nitrogens with one attached hydrogen (secondary N) is 2. The van der Waals surface area contributed by atoms with Gasteiger partial charge in [-0.3, -0.25) is 13.9 Å². The molecule has 0 spiro atoms. The second-order valence-electron chi connectivity index (χ2n) is 6.61. The van der Waals surface area contributed by atoms with Crippen molar-refractivity contribution in [2.24, 2.45) is 14.1 Å². The van der Waals surface area contributed by atoms with Crippen LogP contribution in [0.15, 0.2) is 32.7 Å². The Morgan fingerprint density at radius 2 is 1.87 bits per heavy atom. The van der Waals surface area contributed by atoms with E-state index in [1.807, 2.05) is 0 Å². The SMILES string of the molecule is COc1ccc(OC)c(S(=O)(=O)NCCCc2nc3c([nH]2)c(=O)n(C)c(=O)n3C)c1. The highest BCUT2D eigenvalue weighted by atomic mass is 32.2. The van der Waals surface area contributed by atoms with Crippen molar-refractivity contribution in [1.29, 1.82) is 0 Å². The lowest BCUT2D eigenvalue weighted by Crippen LogP contribution is -2.36. The van der Waals surface area contributed by atoms with Gasteiger partial charge in [-0.15, -0.1) is 0 Å². The number of imidazole rings is 1. The van der Waals surface area contributed by atoms with Gasteiger partial charge in [-0.05, 0) is 18.6 Å². The summed E-state index contributed by atoms with van der Waals surface area (Å²) in [5.41, 5.74) is -0.431. The molecule has 0 saturated heterocycles. The Hall–Kier alpha value is -3.12. The van der Waals surface area contributed by atoms with Crippen LogP contribution in [0.25, 0.3) is 11.2 Å². The molecule has 11 nitrogen and oxygen atoms in total. The number of fused-ring (bicyclic) bond motifs is 1. The van der Waals surface area contributed by atoms with E-state index in [4.69, 9.17) is 9.47 Å². The Bertz CT molecular complexity index is 1310. The number of hydrogen-bond donors (Lipinski definition) is 2. The summed E-state index contributed by atoms with van der Waals surface area (Å²) in [4.78, 5) is 31.4. The number of H-pyrrole nitrogens is 1. The number of aryl methyl sites for hydroxylation is 2. The van der Waals surface area contributed by atoms with Crippen LogP contribution in [0.5, 0.6) is 11.5 Å². The third-order valence-corrected chi connectivity index (χ3v) is 6.17. The molecule has 0 amide bonds. The third-order valence-electron chi connectivity index (χ3n) is 4.69. The van der Waals surface area contributed by atoms with E-state index in [-0.39, 0.29) is 28.4 Å². The van der Waals surface area contributed by atoms with Crippen LogP contribution in [0.2, 0.25) is 0 Å². The van der Waals surface area contributed by atoms with Crippen LogP contribution in [0.3, 0.4) is 0 Å². The lowest BCUT2D eigenvalue weighted by molar-refractivity contribution is 0.392. The largest absolute Gasteiger partial charge is 0.497 e. The third kappa shape index (κ3) is 3.96. The summed E-state index contributed by atoms with van der Waals surface area (Å²) in [6.07, 6.45) is 0.795. The summed E-state index contributed by atoms with van der Waals surface area (Å²) in [6.45, 7) is 0.136. The van der Waals surface area contributed by atoms with E-state index in [0.717, 1.165) is 4.57 Å². The van der Waals surface area contributed by atoms with Crippen molar-refractivity contribution in [2.45, 2.75) is 17.7 Å². The summed E-state index contributed by atoms with van der Waals surface area (Å²) in [5, 5.41) is 0. The molecule has 0 aliphatic heterocycles. The molecule has 30 heavy (non-hydrogen) atoms. The highest BCUT2D eigenvalue weighted by Gasteiger charge is 2.20. The standard InChI is InChI=1S/C18H23N5O6S/c1-22-16-15(17(24)23(2)18(22)25)20-14(21-16)6-5-9-19-30(26,27)13-10-11(28-3)7-8-12(13)29-4/h7-8,10,19H,5-6,9H2,1-4H3,(H,20,21). The number of aromatic amines is 1. The van der Waals surface area contributed by atoms with Crippen LogP contribution in [0.4, 0.5) is 0 Å². The topological polar surface area (TPSA) is 137 Å². The average molecular weight is 437 g/mol. The molecule has 2 aromatic heterocycles. The Labute approximate surface area is 172 Å². The van der Waals surface area contributed by atoms with Gasteiger partial charge in [-0.2, -0.15) is 0 Å². The van der Waals surface area contributed by atoms with E-state index in [2.05, 4.69) is 14.7 Å². The molecule has 1 aromatic carbocycles. The van der Waals surface area contributed by atoms with E-state index < -0.39 is 21.3 Å². The monoisotopic (exact) mass is 437 g/mol. The van der Waals surface area contributed by atoms with E-state index in [9.17, 15) is 18.0 Å². The van der Waals surface area contributed by atoms with E-state index >= 15 is 0 Å². The first-order valence-electron chi connectivity index (χ1n) is 9.06. The molecular weight excluding hydrogens is 414 g/mol. The minimum atomic E-state index is -3.82. The lowest BCUT2D eigenvalue weighted by atomic mass is 10.3. The molecule has 0 fully saturated rings. The van der Waals surface area contributed by atoms with Gasteiger partial charge in [-0.1, -0.05) is 0 Å². The number of rotatable bonds is 8. The van der Waals surface area contributed by atoms with Gasteiger partial charge >= 0.3 is 5.69 Å². The highest BCUT2D eigenvalue weighted by Crippen LogP contribution is 2.27. The summed E-state index contributed by atoms with van der Waals surface area (Å²) in [7, 11) is 1.94. The quantitative estimate of drug-likeness (QED) is 0.469. The van der Waals surface area contributed by atoms with E-state index in [1.54, 1.807) is 6.07 Å². The van der Waals surface area contributed by atoms with Gasteiger partial charge in [0.25, 0.3) is 5.56 Å². The van der Waals surface area contributed by atoms with Gasteiger partial charge in [0.15, 0.2) is 5.65 Å². The van der Waals surface area contributed by atoms with Gasteiger partial charge in [0.05, 0.1) is 14.2 Å². The van der Waals surface area contributed by atoms with Gasteiger partial charge in [0.1, 0.15) is 27.7 Å². The van der Waals surface area contributed by atoms with Crippen LogP contribution in [0.1, 0.15) is 12.2 Å². The molecule has 0 radical (unpaired) electrons. The Morgan fingerprint density at radius 1 is 1.13 bits per heavy atom. The Kier molecular flexibility index (Phi) is 5.99. The average Bonchev–Trinajstić information content (AvgIpc) is 3.17. The molecule has 0 unspecified atom stereocenters. The Balaban J connectivity index is 1.72. The van der Waals surface area contributed by atoms with Crippen molar-refractivity contribution in [3.05, 3.63) is 44.9 Å². The predicted molar refractivity (Wildman–Crippen MR) is 110 cm³/mol. The summed E-state index contributed by atoms with van der Waals surface area (Å²) in [6, 6.07) is 4.51. The molecular formula is C18H23N5O6S. The van der Waals surface area contributed by atoms with Crippen molar-refractivity contribution in [2.75, 3.05) is 20.8 Å². The second kappa shape index (κ2) is 8.32. The smallest absolute Gasteiger partial charge is 0.332 e. The molecule has 0 bridgehead atoms. The normalized spacial score (nSPS) is 11.7. The second-order valence-corrected chi connectivity index (χ2v) is 8.34. The number of nitrogens with zero attached hydrogens (tertiary/aromatic N) is 3. The number of sulfonamides is 1. The number of benzene rings is 1. The molecule has 2 N–H and O–H groups in total. The molecule has 12 heteroatoms. The summed E-state index contributed by atoms with van der Waals surface area (Å²) in [5.74, 6) is 1.09.